The molecule has 1 atom stereocenters. The van der Waals surface area contributed by atoms with Crippen LogP contribution in [0.4, 0.5) is 11.4 Å². The Bertz CT molecular complexity index is 3570. The average molecular weight is 1510 g/mol. The molecule has 4 heterocycles. The molecule has 0 aliphatic carbocycles. The van der Waals surface area contributed by atoms with E-state index >= 15 is 0 Å². The molecule has 29 nitrogen and oxygen atoms in total. The molecular weight excluding hydrogens is 1410 g/mol. The number of allylic oxidation sites excluding steroid dienone is 9. The molecule has 1 saturated heterocycles. The van der Waals surface area contributed by atoms with E-state index in [0.717, 1.165) is 28.0 Å². The van der Waals surface area contributed by atoms with Gasteiger partial charge in [-0.25, -0.2) is 4.79 Å². The number of hydrogen-bond donors (Lipinski definition) is 3. The Kier molecular flexibility index (Phi) is 36.1. The molecule has 6 rings (SSSR count). The van der Waals surface area contributed by atoms with Crippen LogP contribution < -0.4 is 9.64 Å². The molecule has 1 unspecified atom stereocenters. The number of hydroxylamine groups is 2. The molecule has 1 fully saturated rings. The summed E-state index contributed by atoms with van der Waals surface area (Å²) in [5, 5.41) is 0.458. The van der Waals surface area contributed by atoms with E-state index in [2.05, 4.69) is 11.0 Å². The van der Waals surface area contributed by atoms with Crippen LogP contribution in [-0.2, 0) is 112 Å². The minimum atomic E-state index is -4.72. The second kappa shape index (κ2) is 43.2. The molecule has 4 aliphatic heterocycles. The van der Waals surface area contributed by atoms with Crippen molar-refractivity contribution in [2.75, 3.05) is 189 Å². The molecule has 4 aliphatic rings. The highest BCUT2D eigenvalue weighted by atomic mass is 32.2. The first-order valence-electron chi connectivity index (χ1n) is 34.7. The zero-order valence-corrected chi connectivity index (χ0v) is 62.9. The minimum absolute atomic E-state index is 0.0372. The predicted octanol–water partition coefficient (Wildman–Crippen LogP) is 7.34. The fourth-order valence-corrected chi connectivity index (χ4v) is 13.5. The largest absolute Gasteiger partial charge is 0.460 e. The summed E-state index contributed by atoms with van der Waals surface area (Å²) in [5.41, 5.74) is 3.05. The van der Waals surface area contributed by atoms with Gasteiger partial charge >= 0.3 is 5.97 Å². The fraction of sp³-hybridized carbons (Fsp3) is 0.634. The van der Waals surface area contributed by atoms with Gasteiger partial charge < -0.3 is 71.3 Å². The Morgan fingerprint density at radius 3 is 1.57 bits per heavy atom. The van der Waals surface area contributed by atoms with Crippen LogP contribution >= 0.6 is 0 Å². The highest BCUT2D eigenvalue weighted by Gasteiger charge is 2.48. The number of rotatable bonds is 53. The van der Waals surface area contributed by atoms with Crippen LogP contribution in [0.5, 0.6) is 5.75 Å². The monoisotopic (exact) mass is 1510 g/mol. The molecular formula is C71H106N3O26S3+. The van der Waals surface area contributed by atoms with E-state index in [1.54, 1.807) is 37.0 Å². The Morgan fingerprint density at radius 2 is 1.10 bits per heavy atom. The van der Waals surface area contributed by atoms with Gasteiger partial charge in [-0.2, -0.15) is 29.8 Å². The minimum Gasteiger partial charge on any atom is -0.460 e. The number of carbonyl (C=O) groups excluding carboxylic acids is 3. The van der Waals surface area contributed by atoms with Crippen LogP contribution in [0.1, 0.15) is 109 Å². The predicted molar refractivity (Wildman–Crippen MR) is 382 cm³/mol. The van der Waals surface area contributed by atoms with Crippen molar-refractivity contribution < 1.29 is 124 Å². The molecule has 0 bridgehead atoms. The summed E-state index contributed by atoms with van der Waals surface area (Å²) in [6.45, 7) is 18.8. The van der Waals surface area contributed by atoms with Crippen LogP contribution in [0.25, 0.3) is 11.1 Å². The molecule has 0 spiro atoms. The van der Waals surface area contributed by atoms with E-state index in [1.165, 1.54) is 18.2 Å². The third-order valence-corrected chi connectivity index (χ3v) is 19.6. The smallest absolute Gasteiger partial charge is 0.333 e. The number of amides is 2. The second-order valence-electron chi connectivity index (χ2n) is 26.0. The van der Waals surface area contributed by atoms with Crippen LogP contribution in [0.3, 0.4) is 0 Å². The molecule has 32 heteroatoms. The van der Waals surface area contributed by atoms with Crippen molar-refractivity contribution in [1.29, 1.82) is 0 Å². The standard InChI is InChI=1S/C71H105N3O26S3/c1-55-54-71(22-26-89-32-34-93-40-42-97-46-44-95-38-36-91-30-28-87-6,23-27-90-33-35-94-41-43-98-47-45-96-39-37-92-31-29-88-7)73(25-13-49-102(81,82)83)62-53-63-59(52-58(55)62)56(50-65(99-63)69(2,3)4)14-9-8-10-15-64-70(5,21-11-16-68(77)100-74-66(75)19-20-67(74)76)60-51-57(103(84,85)86)17-18-61(60)72(64)24-12-48-101(78,79)80/h8-10,14-15,17-18,50-54H,11-13,16,19-49H2,1-7H3,(H2-,78,79,80,81,82,83,84,85,86)/p+1. The van der Waals surface area contributed by atoms with Gasteiger partial charge in [-0.1, -0.05) is 51.2 Å². The topological polar surface area (TPSA) is 353 Å². The van der Waals surface area contributed by atoms with Gasteiger partial charge in [0, 0.05) is 106 Å². The number of benzene rings is 2. The van der Waals surface area contributed by atoms with E-state index in [4.69, 9.17) is 66.4 Å². The Labute approximate surface area is 606 Å². The average Bonchev–Trinajstić information content (AvgIpc) is 1.67. The van der Waals surface area contributed by atoms with E-state index in [1.807, 2.05) is 65.0 Å². The van der Waals surface area contributed by atoms with Crippen LogP contribution in [0.2, 0.25) is 0 Å². The molecule has 0 aromatic heterocycles. The summed E-state index contributed by atoms with van der Waals surface area (Å²) in [4.78, 5) is 44.5. The number of nitrogens with zero attached hydrogens (tertiary/aromatic N) is 3. The van der Waals surface area contributed by atoms with Crippen molar-refractivity contribution in [3.8, 4) is 5.75 Å². The molecule has 2 amide bonds. The maximum atomic E-state index is 13.1. The van der Waals surface area contributed by atoms with Crippen molar-refractivity contribution in [2.24, 2.45) is 5.41 Å². The lowest BCUT2D eigenvalue weighted by atomic mass is 9.75. The first kappa shape index (κ1) is 86.2. The van der Waals surface area contributed by atoms with Crippen LogP contribution in [0.15, 0.2) is 83.5 Å². The van der Waals surface area contributed by atoms with Gasteiger partial charge in [0.15, 0.2) is 5.71 Å². The number of hydrogen-bond acceptors (Lipinski definition) is 24. The Hall–Kier alpha value is -5.73. The van der Waals surface area contributed by atoms with Gasteiger partial charge in [0.25, 0.3) is 42.2 Å². The van der Waals surface area contributed by atoms with Crippen molar-refractivity contribution in [3.63, 3.8) is 0 Å². The zero-order chi connectivity index (χ0) is 74.9. The quantitative estimate of drug-likeness (QED) is 0.0192. The summed E-state index contributed by atoms with van der Waals surface area (Å²) in [6, 6.07) is 8.05. The van der Waals surface area contributed by atoms with Crippen molar-refractivity contribution in [2.45, 2.75) is 108 Å². The maximum Gasteiger partial charge on any atom is 0.333 e. The molecule has 2 aromatic carbocycles. The second-order valence-corrected chi connectivity index (χ2v) is 30.6. The lowest BCUT2D eigenvalue weighted by molar-refractivity contribution is -0.437. The van der Waals surface area contributed by atoms with Crippen molar-refractivity contribution in [3.05, 3.63) is 95.3 Å². The first-order valence-corrected chi connectivity index (χ1v) is 39.4. The van der Waals surface area contributed by atoms with Crippen molar-refractivity contribution in [1.82, 2.24) is 5.06 Å². The number of fused-ring (bicyclic) bond motifs is 3. The molecule has 2 aromatic rings. The van der Waals surface area contributed by atoms with Gasteiger partial charge in [0.1, 0.15) is 18.1 Å². The zero-order valence-electron chi connectivity index (χ0n) is 60.5. The van der Waals surface area contributed by atoms with Crippen molar-refractivity contribution >= 4 is 76.4 Å². The van der Waals surface area contributed by atoms with Gasteiger partial charge in [-0.3, -0.25) is 23.2 Å². The number of carbonyl (C=O) groups is 3. The van der Waals surface area contributed by atoms with Crippen LogP contribution in [0, 0.1) is 5.41 Å². The number of methoxy groups -OCH3 is 2. The highest BCUT2D eigenvalue weighted by molar-refractivity contribution is 7.86. The van der Waals surface area contributed by atoms with E-state index in [-0.39, 0.29) is 84.5 Å². The first-order chi connectivity index (χ1) is 49.1. The third-order valence-electron chi connectivity index (χ3n) is 17.2. The SMILES string of the molecule is COCCOCCOCCOCCOCCOCCC1(CCOCCOCCOCCOCCOCCOC)C=C(C)c2cc3c(cc2N1CCCS(=O)(=O)O)OC(C(C)(C)C)=C\C3=C/C=C/C=C/C1=[N+](CCCS(=O)(=O)O)c2ccc(S(=O)(=O)O)cc2C1(C)CCCC(=O)ON1C(=O)CCC1=O. The summed E-state index contributed by atoms with van der Waals surface area (Å²) in [7, 11) is -10.3. The van der Waals surface area contributed by atoms with Gasteiger partial charge in [-0.15, -0.1) is 5.06 Å². The number of ether oxygens (including phenoxy) is 13. The molecule has 0 radical (unpaired) electrons. The van der Waals surface area contributed by atoms with Crippen LogP contribution in [-0.4, -0.2) is 262 Å². The fourth-order valence-electron chi connectivity index (χ4n) is 12.0. The normalized spacial score (nSPS) is 17.4. The summed E-state index contributed by atoms with van der Waals surface area (Å²) in [5.74, 6) is -2.05. The highest BCUT2D eigenvalue weighted by Crippen LogP contribution is 2.50. The maximum absolute atomic E-state index is 13.1. The van der Waals surface area contributed by atoms with Gasteiger partial charge in [-0.05, 0) is 81.4 Å². The van der Waals surface area contributed by atoms with Gasteiger partial charge in [0.2, 0.25) is 5.69 Å². The molecule has 103 heavy (non-hydrogen) atoms. The van der Waals surface area contributed by atoms with E-state index < -0.39 is 80.9 Å². The van der Waals surface area contributed by atoms with E-state index in [9.17, 15) is 53.3 Å². The number of imide groups is 1. The number of anilines is 1. The lowest BCUT2D eigenvalue weighted by Crippen LogP contribution is -2.52. The Morgan fingerprint density at radius 1 is 0.612 bits per heavy atom. The van der Waals surface area contributed by atoms with E-state index in [0.29, 0.717) is 165 Å². The molecule has 578 valence electrons. The third kappa shape index (κ3) is 28.8. The Balaban J connectivity index is 1.26. The lowest BCUT2D eigenvalue weighted by Gasteiger charge is -2.48. The summed E-state index contributed by atoms with van der Waals surface area (Å²) in [6.07, 6.45) is 13.9. The van der Waals surface area contributed by atoms with Gasteiger partial charge in [0.05, 0.1) is 159 Å². The molecule has 0 saturated carbocycles. The summed E-state index contributed by atoms with van der Waals surface area (Å²) >= 11 is 0. The molecule has 3 N–H and O–H groups in total. The summed E-state index contributed by atoms with van der Waals surface area (Å²) < 4.78 is 180.